The van der Waals surface area contributed by atoms with Crippen molar-refractivity contribution in [2.45, 2.75) is 85.2 Å². The molecule has 1 saturated heterocycles. The molecule has 0 spiro atoms. The molecule has 0 saturated carbocycles. The van der Waals surface area contributed by atoms with Crippen LogP contribution in [-0.2, 0) is 0 Å². The summed E-state index contributed by atoms with van der Waals surface area (Å²) in [5, 5.41) is 3.47. The maximum Gasteiger partial charge on any atom is 0.0460 e. The lowest BCUT2D eigenvalue weighted by atomic mass is 9.90. The maximum atomic E-state index is 4.21. The van der Waals surface area contributed by atoms with Crippen molar-refractivity contribution in [3.63, 3.8) is 0 Å². The monoisotopic (exact) mass is 294 g/mol. The molecule has 124 valence electrons. The van der Waals surface area contributed by atoms with Crippen LogP contribution in [-0.4, -0.2) is 30.1 Å². The highest BCUT2D eigenvalue weighted by molar-refractivity contribution is 5.03. The van der Waals surface area contributed by atoms with Gasteiger partial charge in [0.2, 0.25) is 0 Å². The summed E-state index contributed by atoms with van der Waals surface area (Å²) in [5.74, 6) is 1.83. The summed E-state index contributed by atoms with van der Waals surface area (Å²) in [7, 11) is 0. The molecule has 1 heterocycles. The third kappa shape index (κ3) is 7.35. The third-order valence-electron chi connectivity index (χ3n) is 4.82. The Morgan fingerprint density at radius 2 is 1.71 bits per heavy atom. The SMILES string of the molecule is C=C(NC(C)C)C(C)N1CCC(CCCCC(C)C)CC1. The normalized spacial score (nSPS) is 19.2. The standard InChI is InChI=1S/C19H38N2/c1-15(2)9-7-8-10-19-11-13-21(14-12-19)18(6)17(5)20-16(3)4/h15-16,18-20H,5,7-14H2,1-4,6H3. The smallest absolute Gasteiger partial charge is 0.0460 e. The minimum Gasteiger partial charge on any atom is -0.385 e. The molecule has 2 heteroatoms. The van der Waals surface area contributed by atoms with Gasteiger partial charge in [0.1, 0.15) is 0 Å². The van der Waals surface area contributed by atoms with Crippen LogP contribution in [0.1, 0.15) is 73.1 Å². The molecule has 1 unspecified atom stereocenters. The van der Waals surface area contributed by atoms with Crippen molar-refractivity contribution < 1.29 is 0 Å². The van der Waals surface area contributed by atoms with Crippen LogP contribution in [0.4, 0.5) is 0 Å². The van der Waals surface area contributed by atoms with Crippen molar-refractivity contribution in [1.82, 2.24) is 10.2 Å². The predicted octanol–water partition coefficient (Wildman–Crippen LogP) is 4.82. The number of nitrogens with one attached hydrogen (secondary N) is 1. The van der Waals surface area contributed by atoms with Gasteiger partial charge in [-0.1, -0.05) is 46.1 Å². The molecular weight excluding hydrogens is 256 g/mol. The Balaban J connectivity index is 2.20. The van der Waals surface area contributed by atoms with Crippen LogP contribution in [0, 0.1) is 11.8 Å². The largest absolute Gasteiger partial charge is 0.385 e. The van der Waals surface area contributed by atoms with E-state index in [9.17, 15) is 0 Å². The number of piperidine rings is 1. The fraction of sp³-hybridized carbons (Fsp3) is 0.895. The lowest BCUT2D eigenvalue weighted by Crippen LogP contribution is -2.44. The van der Waals surface area contributed by atoms with E-state index < -0.39 is 0 Å². The zero-order valence-corrected chi connectivity index (χ0v) is 15.1. The summed E-state index contributed by atoms with van der Waals surface area (Å²) >= 11 is 0. The molecule has 21 heavy (non-hydrogen) atoms. The van der Waals surface area contributed by atoms with Gasteiger partial charge in [0, 0.05) is 17.8 Å². The maximum absolute atomic E-state index is 4.21. The Kier molecular flexibility index (Phi) is 8.39. The van der Waals surface area contributed by atoms with E-state index in [1.54, 1.807) is 0 Å². The fourth-order valence-corrected chi connectivity index (χ4v) is 3.33. The summed E-state index contributed by atoms with van der Waals surface area (Å²) in [4.78, 5) is 2.60. The average molecular weight is 295 g/mol. The molecule has 0 amide bonds. The van der Waals surface area contributed by atoms with Crippen molar-refractivity contribution >= 4 is 0 Å². The molecule has 2 nitrogen and oxygen atoms in total. The van der Waals surface area contributed by atoms with Gasteiger partial charge in [-0.05, 0) is 58.5 Å². The predicted molar refractivity (Wildman–Crippen MR) is 94.5 cm³/mol. The number of hydrogen-bond acceptors (Lipinski definition) is 2. The molecule has 1 N–H and O–H groups in total. The Bertz CT molecular complexity index is 288. The summed E-state index contributed by atoms with van der Waals surface area (Å²) < 4.78 is 0. The summed E-state index contributed by atoms with van der Waals surface area (Å²) in [5.41, 5.74) is 1.18. The van der Waals surface area contributed by atoms with Gasteiger partial charge in [-0.25, -0.2) is 0 Å². The molecule has 0 aromatic rings. The molecule has 0 aromatic heterocycles. The van der Waals surface area contributed by atoms with Gasteiger partial charge in [-0.2, -0.15) is 0 Å². The highest BCUT2D eigenvalue weighted by Crippen LogP contribution is 2.25. The highest BCUT2D eigenvalue weighted by Gasteiger charge is 2.23. The van der Waals surface area contributed by atoms with Crippen molar-refractivity contribution in [1.29, 1.82) is 0 Å². The molecule has 1 atom stereocenters. The van der Waals surface area contributed by atoms with Gasteiger partial charge < -0.3 is 5.32 Å². The fourth-order valence-electron chi connectivity index (χ4n) is 3.33. The molecule has 1 fully saturated rings. The second-order valence-electron chi connectivity index (χ2n) is 7.66. The first-order chi connectivity index (χ1) is 9.90. The van der Waals surface area contributed by atoms with Gasteiger partial charge in [-0.3, -0.25) is 4.90 Å². The van der Waals surface area contributed by atoms with Crippen molar-refractivity contribution in [3.8, 4) is 0 Å². The van der Waals surface area contributed by atoms with Gasteiger partial charge in [-0.15, -0.1) is 0 Å². The van der Waals surface area contributed by atoms with E-state index in [0.717, 1.165) is 11.8 Å². The van der Waals surface area contributed by atoms with Crippen LogP contribution >= 0.6 is 0 Å². The first kappa shape index (κ1) is 18.5. The van der Waals surface area contributed by atoms with Crippen LogP contribution in [0.5, 0.6) is 0 Å². The summed E-state index contributed by atoms with van der Waals surface area (Å²) in [6.45, 7) is 18.0. The highest BCUT2D eigenvalue weighted by atomic mass is 15.2. The topological polar surface area (TPSA) is 15.3 Å². The molecule has 0 aromatic carbocycles. The van der Waals surface area contributed by atoms with Gasteiger partial charge in [0.05, 0.1) is 0 Å². The molecule has 1 aliphatic heterocycles. The number of nitrogens with zero attached hydrogens (tertiary/aromatic N) is 1. The number of unbranched alkanes of at least 4 members (excludes halogenated alkanes) is 1. The number of hydrogen-bond donors (Lipinski definition) is 1. The van der Waals surface area contributed by atoms with Gasteiger partial charge in [0.15, 0.2) is 0 Å². The van der Waals surface area contributed by atoms with Crippen molar-refractivity contribution in [2.24, 2.45) is 11.8 Å². The van der Waals surface area contributed by atoms with Crippen LogP contribution in [0.25, 0.3) is 0 Å². The molecule has 1 aliphatic rings. The first-order valence-corrected chi connectivity index (χ1v) is 9.09. The molecule has 1 rings (SSSR count). The van der Waals surface area contributed by atoms with E-state index >= 15 is 0 Å². The molecule has 0 radical (unpaired) electrons. The number of likely N-dealkylation sites (tertiary alicyclic amines) is 1. The Morgan fingerprint density at radius 3 is 2.24 bits per heavy atom. The Labute approximate surface area is 133 Å². The second kappa shape index (κ2) is 9.50. The lowest BCUT2D eigenvalue weighted by Gasteiger charge is -2.37. The van der Waals surface area contributed by atoms with Crippen LogP contribution in [0.2, 0.25) is 0 Å². The first-order valence-electron chi connectivity index (χ1n) is 9.09. The Morgan fingerprint density at radius 1 is 1.10 bits per heavy atom. The van der Waals surface area contributed by atoms with Crippen LogP contribution in [0.3, 0.4) is 0 Å². The number of rotatable bonds is 9. The average Bonchev–Trinajstić information content (AvgIpc) is 2.42. The van der Waals surface area contributed by atoms with E-state index in [0.29, 0.717) is 12.1 Å². The van der Waals surface area contributed by atoms with E-state index in [-0.39, 0.29) is 0 Å². The minimum absolute atomic E-state index is 0.467. The summed E-state index contributed by atoms with van der Waals surface area (Å²) in [6.07, 6.45) is 8.45. The Hall–Kier alpha value is -0.500. The van der Waals surface area contributed by atoms with Gasteiger partial charge in [0.25, 0.3) is 0 Å². The van der Waals surface area contributed by atoms with E-state index in [1.165, 1.54) is 57.3 Å². The van der Waals surface area contributed by atoms with E-state index in [2.05, 4.69) is 51.4 Å². The van der Waals surface area contributed by atoms with Crippen LogP contribution in [0.15, 0.2) is 12.3 Å². The lowest BCUT2D eigenvalue weighted by molar-refractivity contribution is 0.147. The van der Waals surface area contributed by atoms with Crippen molar-refractivity contribution in [2.75, 3.05) is 13.1 Å². The third-order valence-corrected chi connectivity index (χ3v) is 4.82. The van der Waals surface area contributed by atoms with Crippen molar-refractivity contribution in [3.05, 3.63) is 12.3 Å². The minimum atomic E-state index is 0.467. The zero-order valence-electron chi connectivity index (χ0n) is 15.1. The van der Waals surface area contributed by atoms with Gasteiger partial charge >= 0.3 is 0 Å². The molecular formula is C19H38N2. The second-order valence-corrected chi connectivity index (χ2v) is 7.66. The quantitative estimate of drug-likeness (QED) is 0.614. The van der Waals surface area contributed by atoms with Crippen LogP contribution < -0.4 is 5.32 Å². The molecule has 0 bridgehead atoms. The zero-order chi connectivity index (χ0) is 15.8. The van der Waals surface area contributed by atoms with E-state index in [4.69, 9.17) is 0 Å². The summed E-state index contributed by atoms with van der Waals surface area (Å²) in [6, 6.07) is 0.952. The van der Waals surface area contributed by atoms with E-state index in [1.807, 2.05) is 0 Å². The molecule has 0 aliphatic carbocycles.